The van der Waals surface area contributed by atoms with Gasteiger partial charge in [-0.1, -0.05) is 0 Å². The lowest BCUT2D eigenvalue weighted by Gasteiger charge is -2.14. The maximum Gasteiger partial charge on any atom is 0.186 e. The second-order valence-corrected chi connectivity index (χ2v) is 5.94. The molecule has 2 saturated heterocycles. The van der Waals surface area contributed by atoms with Gasteiger partial charge >= 0.3 is 0 Å². The standard InChI is InChI=1S/C8H14O6S/c1-11-8-7-6(12-4-13-7)5(14-8)3-15(2,9)10/h5-8H,3-4H2,1-2H3/t5-,6+,7+,8+/m1/s1. The molecule has 7 heteroatoms. The predicted molar refractivity (Wildman–Crippen MR) is 50.0 cm³/mol. The lowest BCUT2D eigenvalue weighted by Crippen LogP contribution is -2.33. The summed E-state index contributed by atoms with van der Waals surface area (Å²) in [4.78, 5) is 0. The fourth-order valence-corrected chi connectivity index (χ4v) is 2.75. The van der Waals surface area contributed by atoms with E-state index in [1.54, 1.807) is 0 Å². The van der Waals surface area contributed by atoms with Crippen LogP contribution in [0.3, 0.4) is 0 Å². The van der Waals surface area contributed by atoms with E-state index < -0.39 is 22.2 Å². The molecule has 0 aromatic rings. The van der Waals surface area contributed by atoms with Crippen molar-refractivity contribution in [2.24, 2.45) is 0 Å². The van der Waals surface area contributed by atoms with Crippen molar-refractivity contribution in [3.63, 3.8) is 0 Å². The van der Waals surface area contributed by atoms with Crippen LogP contribution < -0.4 is 0 Å². The molecule has 2 aliphatic heterocycles. The number of hydrogen-bond donors (Lipinski definition) is 0. The van der Waals surface area contributed by atoms with E-state index in [-0.39, 0.29) is 24.8 Å². The first-order valence-electron chi connectivity index (χ1n) is 4.60. The molecule has 0 N–H and O–H groups in total. The molecule has 2 aliphatic rings. The van der Waals surface area contributed by atoms with Gasteiger partial charge in [-0.2, -0.15) is 0 Å². The van der Waals surface area contributed by atoms with E-state index in [1.807, 2.05) is 0 Å². The van der Waals surface area contributed by atoms with E-state index in [2.05, 4.69) is 0 Å². The molecule has 0 spiro atoms. The molecule has 2 heterocycles. The van der Waals surface area contributed by atoms with E-state index >= 15 is 0 Å². The Balaban J connectivity index is 2.08. The summed E-state index contributed by atoms with van der Waals surface area (Å²) in [5.74, 6) is -0.0720. The first kappa shape index (κ1) is 11.3. The molecule has 0 radical (unpaired) electrons. The van der Waals surface area contributed by atoms with E-state index in [1.165, 1.54) is 13.4 Å². The van der Waals surface area contributed by atoms with E-state index in [0.29, 0.717) is 0 Å². The molecule has 15 heavy (non-hydrogen) atoms. The summed E-state index contributed by atoms with van der Waals surface area (Å²) >= 11 is 0. The van der Waals surface area contributed by atoms with Gasteiger partial charge in [0.15, 0.2) is 6.29 Å². The zero-order valence-corrected chi connectivity index (χ0v) is 9.40. The molecule has 0 bridgehead atoms. The van der Waals surface area contributed by atoms with E-state index in [4.69, 9.17) is 18.9 Å². The summed E-state index contributed by atoms with van der Waals surface area (Å²) in [5.41, 5.74) is 0. The number of methoxy groups -OCH3 is 1. The third-order valence-electron chi connectivity index (χ3n) is 2.49. The normalized spacial score (nSPS) is 40.7. The fraction of sp³-hybridized carbons (Fsp3) is 1.00. The van der Waals surface area contributed by atoms with Crippen LogP contribution in [0.15, 0.2) is 0 Å². The van der Waals surface area contributed by atoms with Crippen molar-refractivity contribution >= 4 is 9.84 Å². The average Bonchev–Trinajstić information content (AvgIpc) is 2.66. The number of hydrogen-bond acceptors (Lipinski definition) is 6. The highest BCUT2D eigenvalue weighted by Gasteiger charge is 2.50. The first-order chi connectivity index (χ1) is 7.01. The molecule has 2 rings (SSSR count). The predicted octanol–water partition coefficient (Wildman–Crippen LogP) is -0.856. The minimum absolute atomic E-state index is 0.0720. The van der Waals surface area contributed by atoms with Crippen molar-refractivity contribution in [1.29, 1.82) is 0 Å². The third kappa shape index (κ3) is 2.31. The maximum atomic E-state index is 11.2. The van der Waals surface area contributed by atoms with Crippen LogP contribution in [0, 0.1) is 0 Å². The Hall–Kier alpha value is -0.210. The smallest absolute Gasteiger partial charge is 0.186 e. The summed E-state index contributed by atoms with van der Waals surface area (Å²) in [7, 11) is -1.60. The molecule has 0 unspecified atom stereocenters. The summed E-state index contributed by atoms with van der Waals surface area (Å²) in [6.45, 7) is 0.165. The maximum absolute atomic E-state index is 11.2. The highest BCUT2D eigenvalue weighted by atomic mass is 32.2. The summed E-state index contributed by atoms with van der Waals surface area (Å²) in [6.07, 6.45) is -0.533. The highest BCUT2D eigenvalue weighted by molar-refractivity contribution is 7.90. The topological polar surface area (TPSA) is 71.1 Å². The summed E-state index contributed by atoms with van der Waals surface area (Å²) in [6, 6.07) is 0. The van der Waals surface area contributed by atoms with Gasteiger partial charge < -0.3 is 18.9 Å². The van der Waals surface area contributed by atoms with Crippen molar-refractivity contribution in [1.82, 2.24) is 0 Å². The van der Waals surface area contributed by atoms with E-state index in [9.17, 15) is 8.42 Å². The van der Waals surface area contributed by atoms with Gasteiger partial charge in [-0.15, -0.1) is 0 Å². The van der Waals surface area contributed by atoms with E-state index in [0.717, 1.165) is 0 Å². The molecule has 6 nitrogen and oxygen atoms in total. The third-order valence-corrected chi connectivity index (χ3v) is 3.42. The second kappa shape index (κ2) is 3.99. The Morgan fingerprint density at radius 3 is 2.60 bits per heavy atom. The fourth-order valence-electron chi connectivity index (χ4n) is 1.89. The molecule has 0 amide bonds. The Kier molecular flexibility index (Phi) is 3.00. The SMILES string of the molecule is CO[C@H]1O[C@H](CS(C)(=O)=O)[C@@H]2OCO[C@H]12. The molecule has 0 aromatic carbocycles. The summed E-state index contributed by atoms with van der Waals surface area (Å²) in [5, 5.41) is 0. The average molecular weight is 238 g/mol. The highest BCUT2D eigenvalue weighted by Crippen LogP contribution is 2.31. The van der Waals surface area contributed by atoms with Crippen LogP contribution in [0.25, 0.3) is 0 Å². The molecule has 0 aromatic heterocycles. The van der Waals surface area contributed by atoms with Crippen LogP contribution in [0.5, 0.6) is 0 Å². The Bertz CT molecular complexity index is 326. The van der Waals surface area contributed by atoms with Gasteiger partial charge in [-0.25, -0.2) is 8.42 Å². The number of sulfone groups is 1. The van der Waals surface area contributed by atoms with Crippen LogP contribution >= 0.6 is 0 Å². The molecule has 0 saturated carbocycles. The number of ether oxygens (including phenoxy) is 4. The molecule has 2 fully saturated rings. The van der Waals surface area contributed by atoms with Crippen molar-refractivity contribution in [2.75, 3.05) is 25.9 Å². The van der Waals surface area contributed by atoms with Crippen molar-refractivity contribution in [3.05, 3.63) is 0 Å². The van der Waals surface area contributed by atoms with Gasteiger partial charge in [0.05, 0.1) is 5.75 Å². The number of fused-ring (bicyclic) bond motifs is 1. The zero-order chi connectivity index (χ0) is 11.1. The van der Waals surface area contributed by atoms with Gasteiger partial charge in [-0.05, 0) is 0 Å². The Morgan fingerprint density at radius 2 is 2.00 bits per heavy atom. The van der Waals surface area contributed by atoms with Crippen LogP contribution in [0.4, 0.5) is 0 Å². The molecule has 4 atom stereocenters. The molecule has 88 valence electrons. The molecule has 0 aliphatic carbocycles. The van der Waals surface area contributed by atoms with Gasteiger partial charge in [0.25, 0.3) is 0 Å². The number of rotatable bonds is 3. The monoisotopic (exact) mass is 238 g/mol. The van der Waals surface area contributed by atoms with Gasteiger partial charge in [-0.3, -0.25) is 0 Å². The molecular weight excluding hydrogens is 224 g/mol. The van der Waals surface area contributed by atoms with Crippen molar-refractivity contribution < 1.29 is 27.4 Å². The van der Waals surface area contributed by atoms with Crippen molar-refractivity contribution in [3.8, 4) is 0 Å². The zero-order valence-electron chi connectivity index (χ0n) is 8.58. The van der Waals surface area contributed by atoms with Crippen LogP contribution in [0.2, 0.25) is 0 Å². The lowest BCUT2D eigenvalue weighted by atomic mass is 10.2. The van der Waals surface area contributed by atoms with Crippen molar-refractivity contribution in [2.45, 2.75) is 24.6 Å². The van der Waals surface area contributed by atoms with Gasteiger partial charge in [0.2, 0.25) is 0 Å². The largest absolute Gasteiger partial charge is 0.353 e. The Morgan fingerprint density at radius 1 is 1.33 bits per heavy atom. The quantitative estimate of drug-likeness (QED) is 0.637. The van der Waals surface area contributed by atoms with Crippen LogP contribution in [-0.4, -0.2) is 58.9 Å². The minimum atomic E-state index is -3.09. The first-order valence-corrected chi connectivity index (χ1v) is 6.66. The minimum Gasteiger partial charge on any atom is -0.353 e. The van der Waals surface area contributed by atoms with Crippen LogP contribution in [0.1, 0.15) is 0 Å². The second-order valence-electron chi connectivity index (χ2n) is 3.75. The van der Waals surface area contributed by atoms with Gasteiger partial charge in [0.1, 0.15) is 34.9 Å². The van der Waals surface area contributed by atoms with Crippen LogP contribution in [-0.2, 0) is 28.8 Å². The van der Waals surface area contributed by atoms with Gasteiger partial charge in [0, 0.05) is 13.4 Å². The summed E-state index contributed by atoms with van der Waals surface area (Å²) < 4.78 is 43.3. The Labute approximate surface area is 88.4 Å². The molecular formula is C8H14O6S. The lowest BCUT2D eigenvalue weighted by molar-refractivity contribution is -0.168.